The van der Waals surface area contributed by atoms with E-state index in [0.717, 1.165) is 21.8 Å². The molecule has 1 aliphatic heterocycles. The number of halogens is 1. The van der Waals surface area contributed by atoms with Crippen molar-refractivity contribution >= 4 is 34.9 Å². The lowest BCUT2D eigenvalue weighted by molar-refractivity contribution is 0.0696. The summed E-state index contributed by atoms with van der Waals surface area (Å²) in [7, 11) is 0. The third-order valence-electron chi connectivity index (χ3n) is 6.58. The third-order valence-corrected chi connectivity index (χ3v) is 8.75. The van der Waals surface area contributed by atoms with Crippen molar-refractivity contribution in [3.63, 3.8) is 0 Å². The highest BCUT2D eigenvalue weighted by Crippen LogP contribution is 2.50. The number of aryl methyl sites for hydroxylation is 1. The Morgan fingerprint density at radius 2 is 2.03 bits per heavy atom. The molecular formula is C26H25FN2O2S2. The van der Waals surface area contributed by atoms with Gasteiger partial charge in [-0.1, -0.05) is 29.8 Å². The molecule has 33 heavy (non-hydrogen) atoms. The van der Waals surface area contributed by atoms with Crippen LogP contribution in [0.1, 0.15) is 32.0 Å². The third kappa shape index (κ3) is 4.44. The minimum absolute atomic E-state index is 0.0203. The van der Waals surface area contributed by atoms with Gasteiger partial charge in [0.15, 0.2) is 0 Å². The number of nitrogens with one attached hydrogen (secondary N) is 1. The van der Waals surface area contributed by atoms with E-state index in [0.29, 0.717) is 40.9 Å². The molecule has 2 aromatic carbocycles. The molecule has 2 amide bonds. The highest BCUT2D eigenvalue weighted by molar-refractivity contribution is 8.00. The summed E-state index contributed by atoms with van der Waals surface area (Å²) in [5.41, 5.74) is 3.02. The second-order valence-electron chi connectivity index (χ2n) is 8.78. The molecule has 3 atom stereocenters. The number of rotatable bonds is 6. The predicted octanol–water partition coefficient (Wildman–Crippen LogP) is 5.48. The number of carbonyl (C=O) groups is 2. The monoisotopic (exact) mass is 480 g/mol. The van der Waals surface area contributed by atoms with Crippen LogP contribution in [0.25, 0.3) is 11.1 Å². The second-order valence-corrected chi connectivity index (χ2v) is 11.0. The fourth-order valence-corrected chi connectivity index (χ4v) is 6.26. The van der Waals surface area contributed by atoms with Gasteiger partial charge in [-0.15, -0.1) is 23.1 Å². The van der Waals surface area contributed by atoms with E-state index >= 15 is 0 Å². The maximum absolute atomic E-state index is 13.9. The average molecular weight is 481 g/mol. The van der Waals surface area contributed by atoms with Crippen LogP contribution in [0.15, 0.2) is 58.8 Å². The summed E-state index contributed by atoms with van der Waals surface area (Å²) in [6.45, 7) is 3.11. The minimum Gasteiger partial charge on any atom is -0.349 e. The van der Waals surface area contributed by atoms with Gasteiger partial charge in [0.05, 0.1) is 15.1 Å². The maximum atomic E-state index is 13.9. The number of likely N-dealkylation sites (tertiary alicyclic amines) is 1. The first-order valence-electron chi connectivity index (χ1n) is 11.0. The second kappa shape index (κ2) is 8.95. The molecule has 0 unspecified atom stereocenters. The van der Waals surface area contributed by atoms with Crippen LogP contribution in [0.5, 0.6) is 0 Å². The minimum atomic E-state index is -0.325. The summed E-state index contributed by atoms with van der Waals surface area (Å²) in [5, 5.41) is 3.05. The summed E-state index contributed by atoms with van der Waals surface area (Å²) >= 11 is 3.10. The Kier molecular flexibility index (Phi) is 6.01. The molecule has 2 heterocycles. The first-order valence-corrected chi connectivity index (χ1v) is 13.1. The molecule has 1 aromatic heterocycles. The predicted molar refractivity (Wildman–Crippen MR) is 131 cm³/mol. The van der Waals surface area contributed by atoms with Crippen molar-refractivity contribution in [3.8, 4) is 11.1 Å². The Balaban J connectivity index is 1.37. The highest BCUT2D eigenvalue weighted by atomic mass is 32.2. The van der Waals surface area contributed by atoms with Gasteiger partial charge in [0.25, 0.3) is 11.8 Å². The van der Waals surface area contributed by atoms with Gasteiger partial charge < -0.3 is 10.2 Å². The lowest BCUT2D eigenvalue weighted by Crippen LogP contribution is -2.45. The van der Waals surface area contributed by atoms with Crippen LogP contribution in [-0.2, 0) is 0 Å². The standard InChI is InChI=1S/C26H25FN2O2S2/c1-15-6-7-19(20(10-15)16-4-3-5-18(27)11-16)26(31)29-14-17-12-21(17)22(29)13-28-25(30)23-8-9-24(32-2)33-23/h3-11,17,21-22H,12-14H2,1-2H3,(H,28,30)/t17-,21-,22-/m1/s1. The van der Waals surface area contributed by atoms with Gasteiger partial charge >= 0.3 is 0 Å². The number of hydrogen-bond donors (Lipinski definition) is 1. The summed E-state index contributed by atoms with van der Waals surface area (Å²) in [5.74, 6) is 0.467. The average Bonchev–Trinajstić information content (AvgIpc) is 3.25. The van der Waals surface area contributed by atoms with Gasteiger partial charge in [0.1, 0.15) is 5.82 Å². The molecule has 0 bridgehead atoms. The van der Waals surface area contributed by atoms with Gasteiger partial charge in [-0.05, 0) is 72.9 Å². The van der Waals surface area contributed by atoms with E-state index < -0.39 is 0 Å². The zero-order valence-corrected chi connectivity index (χ0v) is 20.1. The number of thioether (sulfide) groups is 1. The Labute approximate surface area is 201 Å². The Hall–Kier alpha value is -2.64. The molecular weight excluding hydrogens is 455 g/mol. The van der Waals surface area contributed by atoms with Crippen molar-refractivity contribution in [2.45, 2.75) is 23.6 Å². The number of piperidine rings is 1. The molecule has 170 valence electrons. The lowest BCUT2D eigenvalue weighted by Gasteiger charge is -2.29. The molecule has 1 saturated carbocycles. The fraction of sp³-hybridized carbons (Fsp3) is 0.308. The number of fused-ring (bicyclic) bond motifs is 1. The largest absolute Gasteiger partial charge is 0.349 e. The molecule has 1 N–H and O–H groups in total. The van der Waals surface area contributed by atoms with E-state index in [2.05, 4.69) is 5.32 Å². The molecule has 1 aliphatic carbocycles. The van der Waals surface area contributed by atoms with Crippen molar-refractivity contribution in [2.24, 2.45) is 11.8 Å². The van der Waals surface area contributed by atoms with Gasteiger partial charge in [-0.2, -0.15) is 0 Å². The Bertz CT molecular complexity index is 1220. The number of nitrogens with zero attached hydrogens (tertiary/aromatic N) is 1. The lowest BCUT2D eigenvalue weighted by atomic mass is 9.96. The van der Waals surface area contributed by atoms with Crippen molar-refractivity contribution in [3.05, 3.63) is 76.4 Å². The fourth-order valence-electron chi connectivity index (χ4n) is 4.80. The molecule has 7 heteroatoms. The van der Waals surface area contributed by atoms with E-state index in [1.807, 2.05) is 54.5 Å². The van der Waals surface area contributed by atoms with Crippen LogP contribution in [-0.4, -0.2) is 42.1 Å². The number of amides is 2. The van der Waals surface area contributed by atoms with Crippen LogP contribution >= 0.6 is 23.1 Å². The highest BCUT2D eigenvalue weighted by Gasteiger charge is 2.54. The van der Waals surface area contributed by atoms with Crippen molar-refractivity contribution in [1.82, 2.24) is 10.2 Å². The molecule has 4 nitrogen and oxygen atoms in total. The molecule has 3 aromatic rings. The van der Waals surface area contributed by atoms with Crippen molar-refractivity contribution < 1.29 is 14.0 Å². The zero-order valence-electron chi connectivity index (χ0n) is 18.5. The van der Waals surface area contributed by atoms with E-state index in [9.17, 15) is 14.0 Å². The van der Waals surface area contributed by atoms with Gasteiger partial charge in [0, 0.05) is 18.7 Å². The van der Waals surface area contributed by atoms with Crippen molar-refractivity contribution in [2.75, 3.05) is 19.3 Å². The summed E-state index contributed by atoms with van der Waals surface area (Å²) in [4.78, 5) is 28.9. The zero-order chi connectivity index (χ0) is 23.1. The molecule has 0 spiro atoms. The Morgan fingerprint density at radius 3 is 2.79 bits per heavy atom. The van der Waals surface area contributed by atoms with Gasteiger partial charge in [-0.25, -0.2) is 4.39 Å². The number of thiophene rings is 1. The Morgan fingerprint density at radius 1 is 1.18 bits per heavy atom. The molecule has 2 fully saturated rings. The topological polar surface area (TPSA) is 49.4 Å². The number of carbonyl (C=O) groups excluding carboxylic acids is 2. The van der Waals surface area contributed by atoms with Crippen molar-refractivity contribution in [1.29, 1.82) is 0 Å². The molecule has 0 radical (unpaired) electrons. The van der Waals surface area contributed by atoms with Crippen LogP contribution in [0.3, 0.4) is 0 Å². The van der Waals surface area contributed by atoms with E-state index in [1.165, 1.54) is 23.5 Å². The van der Waals surface area contributed by atoms with Crippen LogP contribution in [0.2, 0.25) is 0 Å². The first kappa shape index (κ1) is 22.2. The number of benzene rings is 2. The van der Waals surface area contributed by atoms with Gasteiger partial charge in [-0.3, -0.25) is 9.59 Å². The smallest absolute Gasteiger partial charge is 0.261 e. The SMILES string of the molecule is CSc1ccc(C(=O)NC[C@@H]2[C@@H]3C[C@@H]3CN2C(=O)c2ccc(C)cc2-c2cccc(F)c2)s1. The summed E-state index contributed by atoms with van der Waals surface area (Å²) in [6, 6.07) is 15.9. The van der Waals surface area contributed by atoms with Crippen LogP contribution in [0, 0.1) is 24.6 Å². The normalized spacial score (nSPS) is 21.1. The molecule has 5 rings (SSSR count). The van der Waals surface area contributed by atoms with E-state index in [1.54, 1.807) is 17.8 Å². The van der Waals surface area contributed by atoms with Crippen LogP contribution < -0.4 is 5.32 Å². The quantitative estimate of drug-likeness (QED) is 0.476. The maximum Gasteiger partial charge on any atom is 0.261 e. The van der Waals surface area contributed by atoms with Crippen LogP contribution in [0.4, 0.5) is 4.39 Å². The number of hydrogen-bond acceptors (Lipinski definition) is 4. The van der Waals surface area contributed by atoms with Gasteiger partial charge in [0.2, 0.25) is 0 Å². The van der Waals surface area contributed by atoms with E-state index in [-0.39, 0.29) is 23.7 Å². The first-order chi connectivity index (χ1) is 15.9. The van der Waals surface area contributed by atoms with E-state index in [4.69, 9.17) is 0 Å². The summed E-state index contributed by atoms with van der Waals surface area (Å²) in [6.07, 6.45) is 3.09. The molecule has 1 saturated heterocycles. The molecule has 2 aliphatic rings. The summed E-state index contributed by atoms with van der Waals surface area (Å²) < 4.78 is 15.0.